The summed E-state index contributed by atoms with van der Waals surface area (Å²) in [5, 5.41) is 3.21. The zero-order valence-electron chi connectivity index (χ0n) is 22.9. The zero-order chi connectivity index (χ0) is 28.3. The van der Waals surface area contributed by atoms with E-state index in [0.717, 1.165) is 60.5 Å². The number of rotatable bonds is 8. The highest BCUT2D eigenvalue weighted by Gasteiger charge is 2.37. The molecule has 1 aromatic heterocycles. The fourth-order valence-corrected chi connectivity index (χ4v) is 5.64. The predicted molar refractivity (Wildman–Crippen MR) is 156 cm³/mol. The fraction of sp³-hybridized carbons (Fsp3) is 0.379. The second-order valence-electron chi connectivity index (χ2n) is 10.3. The Morgan fingerprint density at radius 1 is 0.974 bits per heavy atom. The number of carbonyl (C=O) groups is 3. The van der Waals surface area contributed by atoms with Gasteiger partial charge in [0.25, 0.3) is 11.8 Å². The molecule has 1 saturated carbocycles. The quantitative estimate of drug-likeness (QED) is 0.383. The van der Waals surface area contributed by atoms with Crippen molar-refractivity contribution in [1.82, 2.24) is 9.69 Å². The molecule has 0 aliphatic heterocycles. The van der Waals surface area contributed by atoms with E-state index in [0.29, 0.717) is 11.3 Å². The number of nitrogens with one attached hydrogen (secondary N) is 1. The predicted octanol–water partition coefficient (Wildman–Crippen LogP) is 4.34. The van der Waals surface area contributed by atoms with Gasteiger partial charge in [0.15, 0.2) is 5.69 Å². The lowest BCUT2D eigenvalue weighted by molar-refractivity contribution is -0.123. The first kappa shape index (κ1) is 28.1. The number of nitrogens with two attached hydrogens (primary N) is 2. The molecule has 4 rings (SSSR count). The van der Waals surface area contributed by atoms with Crippen LogP contribution < -0.4 is 26.6 Å². The normalized spacial score (nSPS) is 14.5. The molecule has 0 radical (unpaired) electrons. The first-order valence-electron chi connectivity index (χ1n) is 13.1. The molecule has 39 heavy (non-hydrogen) atoms. The average molecular weight is 549 g/mol. The number of benzene rings is 2. The highest BCUT2D eigenvalue weighted by atomic mass is 32.1. The van der Waals surface area contributed by atoms with Gasteiger partial charge < -0.3 is 21.7 Å². The topological polar surface area (TPSA) is 135 Å². The number of anilines is 3. The number of hydrogen-bond acceptors (Lipinski definition) is 7. The van der Waals surface area contributed by atoms with Gasteiger partial charge >= 0.3 is 0 Å². The van der Waals surface area contributed by atoms with Crippen molar-refractivity contribution in [2.75, 3.05) is 29.6 Å². The van der Waals surface area contributed by atoms with E-state index in [1.165, 1.54) is 4.90 Å². The Morgan fingerprint density at radius 2 is 1.62 bits per heavy atom. The van der Waals surface area contributed by atoms with E-state index in [1.54, 1.807) is 0 Å². The SMILES string of the molecule is Cc1ccc(N(C(=O)c2snc(C(N)=O)c2N)C(C(=O)NC2CCCCC2)c2ccc(N(C)C)cc2)cc1C. The third-order valence-electron chi connectivity index (χ3n) is 7.33. The maximum absolute atomic E-state index is 14.3. The van der Waals surface area contributed by atoms with Crippen LogP contribution in [-0.2, 0) is 4.79 Å². The first-order chi connectivity index (χ1) is 18.6. The molecule has 0 bridgehead atoms. The summed E-state index contributed by atoms with van der Waals surface area (Å²) in [7, 11) is 3.88. The lowest BCUT2D eigenvalue weighted by Crippen LogP contribution is -2.47. The van der Waals surface area contributed by atoms with Crippen molar-refractivity contribution in [2.45, 2.75) is 58.0 Å². The highest BCUT2D eigenvalue weighted by molar-refractivity contribution is 7.09. The summed E-state index contributed by atoms with van der Waals surface area (Å²) in [6.07, 6.45) is 5.07. The monoisotopic (exact) mass is 548 g/mol. The Kier molecular flexibility index (Phi) is 8.54. The molecule has 0 spiro atoms. The lowest BCUT2D eigenvalue weighted by atomic mass is 9.94. The fourth-order valence-electron chi connectivity index (χ4n) is 4.90. The second kappa shape index (κ2) is 11.9. The van der Waals surface area contributed by atoms with Crippen LogP contribution in [0.15, 0.2) is 42.5 Å². The maximum atomic E-state index is 14.3. The Hall–Kier alpha value is -3.92. The number of primary amides is 1. The molecule has 2 aromatic carbocycles. The van der Waals surface area contributed by atoms with Crippen LogP contribution in [0.3, 0.4) is 0 Å². The number of carbonyl (C=O) groups excluding carboxylic acids is 3. The molecule has 3 aromatic rings. The Bertz CT molecular complexity index is 1360. The Labute approximate surface area is 233 Å². The molecule has 0 saturated heterocycles. The third kappa shape index (κ3) is 6.06. The van der Waals surface area contributed by atoms with Crippen LogP contribution in [-0.4, -0.2) is 42.2 Å². The summed E-state index contributed by atoms with van der Waals surface area (Å²) in [5.41, 5.74) is 15.6. The molecule has 1 unspecified atom stereocenters. The molecule has 206 valence electrons. The van der Waals surface area contributed by atoms with Crippen LogP contribution >= 0.6 is 11.5 Å². The number of nitrogen functional groups attached to an aromatic ring is 1. The van der Waals surface area contributed by atoms with Gasteiger partial charge in [0, 0.05) is 31.5 Å². The molecule has 10 heteroatoms. The third-order valence-corrected chi connectivity index (χ3v) is 8.18. The van der Waals surface area contributed by atoms with Gasteiger partial charge in [-0.15, -0.1) is 0 Å². The van der Waals surface area contributed by atoms with E-state index in [9.17, 15) is 14.4 Å². The summed E-state index contributed by atoms with van der Waals surface area (Å²) in [6, 6.07) is 12.3. The molecule has 1 aliphatic carbocycles. The molecule has 1 fully saturated rings. The summed E-state index contributed by atoms with van der Waals surface area (Å²) >= 11 is 0.804. The van der Waals surface area contributed by atoms with Crippen LogP contribution in [0.1, 0.15) is 75.0 Å². The van der Waals surface area contributed by atoms with Crippen molar-refractivity contribution in [3.63, 3.8) is 0 Å². The molecule has 1 atom stereocenters. The van der Waals surface area contributed by atoms with Crippen LogP contribution in [0.2, 0.25) is 0 Å². The second-order valence-corrected chi connectivity index (χ2v) is 11.1. The summed E-state index contributed by atoms with van der Waals surface area (Å²) in [5.74, 6) is -1.61. The number of amides is 3. The van der Waals surface area contributed by atoms with Crippen LogP contribution in [0.25, 0.3) is 0 Å². The van der Waals surface area contributed by atoms with Crippen LogP contribution in [0.5, 0.6) is 0 Å². The van der Waals surface area contributed by atoms with E-state index in [1.807, 2.05) is 75.3 Å². The van der Waals surface area contributed by atoms with Crippen LogP contribution in [0, 0.1) is 13.8 Å². The molecule has 9 nitrogen and oxygen atoms in total. The lowest BCUT2D eigenvalue weighted by Gasteiger charge is -2.33. The molecule has 3 amide bonds. The molecular formula is C29H36N6O3S. The van der Waals surface area contributed by atoms with Crippen molar-refractivity contribution < 1.29 is 14.4 Å². The van der Waals surface area contributed by atoms with E-state index >= 15 is 0 Å². The first-order valence-corrected chi connectivity index (χ1v) is 13.9. The summed E-state index contributed by atoms with van der Waals surface area (Å²) in [4.78, 5) is 43.7. The van der Waals surface area contributed by atoms with Gasteiger partial charge in [-0.25, -0.2) is 0 Å². The van der Waals surface area contributed by atoms with Gasteiger partial charge in [-0.3, -0.25) is 19.3 Å². The van der Waals surface area contributed by atoms with Crippen molar-refractivity contribution in [3.05, 3.63) is 69.7 Å². The molecule has 1 heterocycles. The highest BCUT2D eigenvalue weighted by Crippen LogP contribution is 2.35. The van der Waals surface area contributed by atoms with Crippen LogP contribution in [0.4, 0.5) is 17.1 Å². The van der Waals surface area contributed by atoms with E-state index in [2.05, 4.69) is 9.69 Å². The van der Waals surface area contributed by atoms with Crippen molar-refractivity contribution in [1.29, 1.82) is 0 Å². The number of nitrogens with zero attached hydrogens (tertiary/aromatic N) is 3. The van der Waals surface area contributed by atoms with Crippen molar-refractivity contribution in [2.24, 2.45) is 5.73 Å². The number of aromatic nitrogens is 1. The summed E-state index contributed by atoms with van der Waals surface area (Å²) < 4.78 is 4.03. The van der Waals surface area contributed by atoms with Gasteiger partial charge in [-0.1, -0.05) is 37.5 Å². The average Bonchev–Trinajstić information content (AvgIpc) is 3.30. The number of aryl methyl sites for hydroxylation is 2. The zero-order valence-corrected chi connectivity index (χ0v) is 23.7. The minimum atomic E-state index is -0.990. The molecule has 5 N–H and O–H groups in total. The van der Waals surface area contributed by atoms with Gasteiger partial charge in [-0.05, 0) is 79.2 Å². The molecular weight excluding hydrogens is 512 g/mol. The Balaban J connectivity index is 1.87. The molecule has 1 aliphatic rings. The summed E-state index contributed by atoms with van der Waals surface area (Å²) in [6.45, 7) is 3.94. The van der Waals surface area contributed by atoms with Gasteiger partial charge in [0.1, 0.15) is 10.9 Å². The van der Waals surface area contributed by atoms with E-state index in [4.69, 9.17) is 11.5 Å². The Morgan fingerprint density at radius 3 is 2.18 bits per heavy atom. The number of hydrogen-bond donors (Lipinski definition) is 3. The minimum Gasteiger partial charge on any atom is -0.395 e. The largest absolute Gasteiger partial charge is 0.395 e. The minimum absolute atomic E-state index is 0.0430. The van der Waals surface area contributed by atoms with E-state index in [-0.39, 0.29) is 28.2 Å². The van der Waals surface area contributed by atoms with Gasteiger partial charge in [-0.2, -0.15) is 4.37 Å². The van der Waals surface area contributed by atoms with Crippen molar-refractivity contribution >= 4 is 46.3 Å². The van der Waals surface area contributed by atoms with Gasteiger partial charge in [0.2, 0.25) is 5.91 Å². The van der Waals surface area contributed by atoms with Crippen molar-refractivity contribution in [3.8, 4) is 0 Å². The standard InChI is InChI=1S/C29H36N6O3S/c1-17-10-13-22(16-18(17)2)35(29(38)26-23(30)24(27(31)36)33-39-26)25(19-11-14-21(15-12-19)34(3)4)28(37)32-20-8-6-5-7-9-20/h10-16,20,25H,5-9,30H2,1-4H3,(H2,31,36)(H,32,37). The maximum Gasteiger partial charge on any atom is 0.273 e. The van der Waals surface area contributed by atoms with E-state index < -0.39 is 17.9 Å². The van der Waals surface area contributed by atoms with Gasteiger partial charge in [0.05, 0.1) is 5.69 Å². The smallest absolute Gasteiger partial charge is 0.273 e.